The summed E-state index contributed by atoms with van der Waals surface area (Å²) in [7, 11) is 0. The number of H-pyrrole nitrogens is 1. The summed E-state index contributed by atoms with van der Waals surface area (Å²) in [6, 6.07) is 3.88. The van der Waals surface area contributed by atoms with Crippen LogP contribution in [0.5, 0.6) is 0 Å². The minimum absolute atomic E-state index is 0.0946. The van der Waals surface area contributed by atoms with Gasteiger partial charge < -0.3 is 15.2 Å². The standard InChI is InChI=1S/C21H31N5O/c1-15-8-12-26(13-9-15)11-5-4-10-22-19-7-6-18(14-23-19)20-24-17(3)16(2)21(27)25-20/h6-7,14-15H,4-5,8-13H2,1-3H3,(H,22,23)(H,24,25,27). The largest absolute Gasteiger partial charge is 0.370 e. The molecule has 146 valence electrons. The Kier molecular flexibility index (Phi) is 6.61. The van der Waals surface area contributed by atoms with Crippen molar-refractivity contribution in [1.29, 1.82) is 0 Å². The fraction of sp³-hybridized carbons (Fsp3) is 0.571. The highest BCUT2D eigenvalue weighted by atomic mass is 16.1. The number of unbranched alkanes of at least 4 members (excludes halogenated alkanes) is 1. The third-order valence-electron chi connectivity index (χ3n) is 5.52. The Hall–Kier alpha value is -2.21. The number of aryl methyl sites for hydroxylation is 1. The first-order valence-electron chi connectivity index (χ1n) is 10.0. The van der Waals surface area contributed by atoms with Crippen LogP contribution in [0, 0.1) is 19.8 Å². The van der Waals surface area contributed by atoms with Crippen molar-refractivity contribution in [2.24, 2.45) is 5.92 Å². The van der Waals surface area contributed by atoms with E-state index in [0.29, 0.717) is 11.4 Å². The summed E-state index contributed by atoms with van der Waals surface area (Å²) >= 11 is 0. The van der Waals surface area contributed by atoms with Crippen LogP contribution in [0.3, 0.4) is 0 Å². The normalized spacial score (nSPS) is 15.8. The smallest absolute Gasteiger partial charge is 0.254 e. The maximum atomic E-state index is 11.9. The lowest BCUT2D eigenvalue weighted by Gasteiger charge is -2.30. The number of nitrogens with zero attached hydrogens (tertiary/aromatic N) is 3. The predicted molar refractivity (Wildman–Crippen MR) is 110 cm³/mol. The van der Waals surface area contributed by atoms with Crippen LogP contribution in [-0.4, -0.2) is 46.0 Å². The van der Waals surface area contributed by atoms with E-state index in [9.17, 15) is 4.79 Å². The van der Waals surface area contributed by atoms with Gasteiger partial charge in [0.2, 0.25) is 0 Å². The van der Waals surface area contributed by atoms with Crippen molar-refractivity contribution in [1.82, 2.24) is 19.9 Å². The molecule has 27 heavy (non-hydrogen) atoms. The van der Waals surface area contributed by atoms with E-state index in [4.69, 9.17) is 0 Å². The van der Waals surface area contributed by atoms with Gasteiger partial charge >= 0.3 is 0 Å². The van der Waals surface area contributed by atoms with Crippen LogP contribution < -0.4 is 10.9 Å². The van der Waals surface area contributed by atoms with Gasteiger partial charge in [0.05, 0.1) is 0 Å². The third-order valence-corrected chi connectivity index (χ3v) is 5.52. The first kappa shape index (κ1) is 19.5. The van der Waals surface area contributed by atoms with Crippen molar-refractivity contribution in [2.75, 3.05) is 31.5 Å². The van der Waals surface area contributed by atoms with Crippen molar-refractivity contribution < 1.29 is 0 Å². The Bertz CT molecular complexity index is 791. The Balaban J connectivity index is 1.44. The number of likely N-dealkylation sites (tertiary alicyclic amines) is 1. The Morgan fingerprint density at radius 1 is 1.22 bits per heavy atom. The zero-order valence-electron chi connectivity index (χ0n) is 16.7. The van der Waals surface area contributed by atoms with Crippen LogP contribution >= 0.6 is 0 Å². The fourth-order valence-electron chi connectivity index (χ4n) is 3.38. The SMILES string of the molecule is Cc1nc(-c2ccc(NCCCCN3CCC(C)CC3)nc2)[nH]c(=O)c1C. The highest BCUT2D eigenvalue weighted by molar-refractivity contribution is 5.56. The first-order valence-corrected chi connectivity index (χ1v) is 10.0. The molecule has 0 amide bonds. The van der Waals surface area contributed by atoms with Gasteiger partial charge in [-0.25, -0.2) is 9.97 Å². The molecule has 0 bridgehead atoms. The number of nitrogens with one attached hydrogen (secondary N) is 2. The van der Waals surface area contributed by atoms with Crippen LogP contribution in [0.1, 0.15) is 43.9 Å². The Morgan fingerprint density at radius 2 is 2.00 bits per heavy atom. The topological polar surface area (TPSA) is 73.9 Å². The summed E-state index contributed by atoms with van der Waals surface area (Å²) in [5.41, 5.74) is 2.13. The third kappa shape index (κ3) is 5.39. The molecule has 2 aromatic rings. The van der Waals surface area contributed by atoms with Gasteiger partial charge in [-0.2, -0.15) is 0 Å². The van der Waals surface area contributed by atoms with Gasteiger partial charge in [-0.15, -0.1) is 0 Å². The predicted octanol–water partition coefficient (Wildman–Crippen LogP) is 3.37. The molecule has 0 radical (unpaired) electrons. The zero-order chi connectivity index (χ0) is 19.2. The lowest BCUT2D eigenvalue weighted by Crippen LogP contribution is -2.33. The molecule has 1 fully saturated rings. The van der Waals surface area contributed by atoms with Gasteiger partial charge in [0.25, 0.3) is 5.56 Å². The van der Waals surface area contributed by atoms with Crippen molar-refractivity contribution >= 4 is 5.82 Å². The highest BCUT2D eigenvalue weighted by Crippen LogP contribution is 2.17. The minimum Gasteiger partial charge on any atom is -0.370 e. The molecule has 0 atom stereocenters. The molecule has 3 heterocycles. The van der Waals surface area contributed by atoms with Gasteiger partial charge in [-0.1, -0.05) is 6.92 Å². The number of aromatic amines is 1. The second-order valence-corrected chi connectivity index (χ2v) is 7.72. The highest BCUT2D eigenvalue weighted by Gasteiger charge is 2.14. The van der Waals surface area contributed by atoms with Crippen LogP contribution in [0.4, 0.5) is 5.82 Å². The molecule has 3 rings (SSSR count). The first-order chi connectivity index (χ1) is 13.0. The van der Waals surface area contributed by atoms with Crippen molar-refractivity contribution in [3.8, 4) is 11.4 Å². The average molecular weight is 370 g/mol. The quantitative estimate of drug-likeness (QED) is 0.732. The molecule has 0 saturated carbocycles. The van der Waals surface area contributed by atoms with E-state index in [0.717, 1.165) is 36.0 Å². The molecule has 0 spiro atoms. The second kappa shape index (κ2) is 9.13. The van der Waals surface area contributed by atoms with Gasteiger partial charge in [-0.05, 0) is 77.2 Å². The Morgan fingerprint density at radius 3 is 2.67 bits per heavy atom. The molecule has 1 aliphatic heterocycles. The van der Waals surface area contributed by atoms with Gasteiger partial charge in [0, 0.05) is 29.6 Å². The van der Waals surface area contributed by atoms with Crippen molar-refractivity contribution in [3.05, 3.63) is 39.9 Å². The van der Waals surface area contributed by atoms with Gasteiger partial charge in [0.15, 0.2) is 0 Å². The van der Waals surface area contributed by atoms with Crippen LogP contribution in [0.25, 0.3) is 11.4 Å². The maximum absolute atomic E-state index is 11.9. The van der Waals surface area contributed by atoms with E-state index in [1.807, 2.05) is 19.1 Å². The lowest BCUT2D eigenvalue weighted by atomic mass is 9.99. The average Bonchev–Trinajstić information content (AvgIpc) is 2.67. The summed E-state index contributed by atoms with van der Waals surface area (Å²) in [4.78, 5) is 26.2. The summed E-state index contributed by atoms with van der Waals surface area (Å²) in [5, 5.41) is 3.38. The molecule has 0 aromatic carbocycles. The molecule has 0 unspecified atom stereocenters. The molecule has 0 aliphatic carbocycles. The summed E-state index contributed by atoms with van der Waals surface area (Å²) in [6.45, 7) is 10.6. The van der Waals surface area contributed by atoms with Crippen LogP contribution in [0.15, 0.2) is 23.1 Å². The Labute approximate surface area is 161 Å². The number of aromatic nitrogens is 3. The number of pyridine rings is 1. The number of hydrogen-bond donors (Lipinski definition) is 2. The van der Waals surface area contributed by atoms with Gasteiger partial charge in [-0.3, -0.25) is 4.79 Å². The summed E-state index contributed by atoms with van der Waals surface area (Å²) in [5.74, 6) is 2.32. The molecule has 2 aromatic heterocycles. The van der Waals surface area contributed by atoms with E-state index < -0.39 is 0 Å². The van der Waals surface area contributed by atoms with E-state index in [-0.39, 0.29) is 5.56 Å². The molecule has 6 heteroatoms. The second-order valence-electron chi connectivity index (χ2n) is 7.72. The van der Waals surface area contributed by atoms with Crippen LogP contribution in [-0.2, 0) is 0 Å². The zero-order valence-corrected chi connectivity index (χ0v) is 16.7. The molecule has 6 nitrogen and oxygen atoms in total. The van der Waals surface area contributed by atoms with E-state index in [2.05, 4.69) is 32.1 Å². The number of hydrogen-bond acceptors (Lipinski definition) is 5. The number of rotatable bonds is 7. The molecule has 2 N–H and O–H groups in total. The van der Waals surface area contributed by atoms with E-state index in [1.54, 1.807) is 13.1 Å². The molecular formula is C21H31N5O. The monoisotopic (exact) mass is 369 g/mol. The molecule has 1 saturated heterocycles. The van der Waals surface area contributed by atoms with Gasteiger partial charge in [0.1, 0.15) is 11.6 Å². The lowest BCUT2D eigenvalue weighted by molar-refractivity contribution is 0.190. The van der Waals surface area contributed by atoms with E-state index in [1.165, 1.54) is 38.9 Å². The maximum Gasteiger partial charge on any atom is 0.254 e. The number of piperidine rings is 1. The van der Waals surface area contributed by atoms with Crippen LogP contribution in [0.2, 0.25) is 0 Å². The summed E-state index contributed by atoms with van der Waals surface area (Å²) < 4.78 is 0. The molecule has 1 aliphatic rings. The molecular weight excluding hydrogens is 338 g/mol. The minimum atomic E-state index is -0.0946. The fourth-order valence-corrected chi connectivity index (χ4v) is 3.38. The number of anilines is 1. The van der Waals surface area contributed by atoms with Crippen molar-refractivity contribution in [3.63, 3.8) is 0 Å². The van der Waals surface area contributed by atoms with Crippen molar-refractivity contribution in [2.45, 2.75) is 46.5 Å². The summed E-state index contributed by atoms with van der Waals surface area (Å²) in [6.07, 6.45) is 6.79. The van der Waals surface area contributed by atoms with E-state index >= 15 is 0 Å².